The lowest BCUT2D eigenvalue weighted by molar-refractivity contribution is 0.0690. The summed E-state index contributed by atoms with van der Waals surface area (Å²) < 4.78 is 0. The van der Waals surface area contributed by atoms with E-state index in [1.54, 1.807) is 11.1 Å². The zero-order valence-corrected chi connectivity index (χ0v) is 12.0. The predicted molar refractivity (Wildman–Crippen MR) is 80.2 cm³/mol. The molecule has 0 amide bonds. The molecule has 3 unspecified atom stereocenters. The van der Waals surface area contributed by atoms with E-state index in [2.05, 4.69) is 36.1 Å². The molecule has 2 aliphatic rings. The first-order valence-corrected chi connectivity index (χ1v) is 7.80. The van der Waals surface area contributed by atoms with Crippen molar-refractivity contribution in [2.45, 2.75) is 51.1 Å². The summed E-state index contributed by atoms with van der Waals surface area (Å²) in [7, 11) is 0. The largest absolute Gasteiger partial charge is 0.329 e. The quantitative estimate of drug-likeness (QED) is 0.883. The van der Waals surface area contributed by atoms with Gasteiger partial charge >= 0.3 is 0 Å². The molecule has 2 nitrogen and oxygen atoms in total. The summed E-state index contributed by atoms with van der Waals surface area (Å²) in [6, 6.07) is 10.3. The Bertz CT molecular complexity index is 429. The van der Waals surface area contributed by atoms with Crippen molar-refractivity contribution >= 4 is 0 Å². The highest BCUT2D eigenvalue weighted by molar-refractivity contribution is 5.30. The average molecular weight is 258 g/mol. The number of hydrogen-bond donors (Lipinski definition) is 1. The summed E-state index contributed by atoms with van der Waals surface area (Å²) in [6.07, 6.45) is 6.40. The summed E-state index contributed by atoms with van der Waals surface area (Å²) in [6.45, 7) is 4.44. The van der Waals surface area contributed by atoms with Crippen molar-refractivity contribution in [2.24, 2.45) is 11.7 Å². The summed E-state index contributed by atoms with van der Waals surface area (Å²) in [5, 5.41) is 0. The van der Waals surface area contributed by atoms with Gasteiger partial charge in [-0.1, -0.05) is 31.2 Å². The van der Waals surface area contributed by atoms with Gasteiger partial charge in [-0.3, -0.25) is 4.90 Å². The molecule has 2 N–H and O–H groups in total. The molecule has 0 bridgehead atoms. The van der Waals surface area contributed by atoms with Crippen LogP contribution in [0.4, 0.5) is 0 Å². The van der Waals surface area contributed by atoms with E-state index in [1.165, 1.54) is 38.6 Å². The fourth-order valence-corrected chi connectivity index (χ4v) is 3.94. The third kappa shape index (κ3) is 2.70. The van der Waals surface area contributed by atoms with Crippen LogP contribution in [-0.4, -0.2) is 30.1 Å². The number of rotatable bonds is 2. The number of likely N-dealkylation sites (tertiary alicyclic amines) is 1. The highest BCUT2D eigenvalue weighted by Gasteiger charge is 2.32. The van der Waals surface area contributed by atoms with Crippen molar-refractivity contribution in [3.8, 4) is 0 Å². The second kappa shape index (κ2) is 5.64. The van der Waals surface area contributed by atoms with E-state index in [-0.39, 0.29) is 0 Å². The van der Waals surface area contributed by atoms with E-state index in [4.69, 9.17) is 5.73 Å². The van der Waals surface area contributed by atoms with Gasteiger partial charge in [-0.15, -0.1) is 0 Å². The highest BCUT2D eigenvalue weighted by atomic mass is 15.2. The maximum atomic E-state index is 6.02. The second-order valence-electron chi connectivity index (χ2n) is 6.42. The fraction of sp³-hybridized carbons (Fsp3) is 0.647. The van der Waals surface area contributed by atoms with E-state index < -0.39 is 0 Å². The molecule has 1 saturated heterocycles. The monoisotopic (exact) mass is 258 g/mol. The van der Waals surface area contributed by atoms with Crippen molar-refractivity contribution in [1.29, 1.82) is 0 Å². The molecule has 1 fully saturated rings. The molecule has 0 radical (unpaired) electrons. The van der Waals surface area contributed by atoms with Crippen LogP contribution in [0.25, 0.3) is 0 Å². The summed E-state index contributed by atoms with van der Waals surface area (Å²) in [5.41, 5.74) is 9.14. The Hall–Kier alpha value is -0.860. The van der Waals surface area contributed by atoms with Crippen LogP contribution in [0, 0.1) is 5.92 Å². The highest BCUT2D eigenvalue weighted by Crippen LogP contribution is 2.30. The van der Waals surface area contributed by atoms with Crippen molar-refractivity contribution in [1.82, 2.24) is 4.90 Å². The van der Waals surface area contributed by atoms with Crippen molar-refractivity contribution in [3.63, 3.8) is 0 Å². The summed E-state index contributed by atoms with van der Waals surface area (Å²) in [4.78, 5) is 2.72. The number of benzene rings is 1. The molecule has 0 aromatic heterocycles. The van der Waals surface area contributed by atoms with Gasteiger partial charge in [-0.2, -0.15) is 0 Å². The second-order valence-corrected chi connectivity index (χ2v) is 6.42. The molecular weight excluding hydrogens is 232 g/mol. The van der Waals surface area contributed by atoms with Crippen LogP contribution in [0.15, 0.2) is 24.3 Å². The Balaban J connectivity index is 1.73. The molecule has 1 heterocycles. The molecule has 0 spiro atoms. The Morgan fingerprint density at radius 3 is 2.79 bits per heavy atom. The van der Waals surface area contributed by atoms with Gasteiger partial charge in [-0.25, -0.2) is 0 Å². The molecule has 1 aromatic carbocycles. The molecule has 3 rings (SSSR count). The van der Waals surface area contributed by atoms with Gasteiger partial charge in [-0.05, 0) is 55.7 Å². The summed E-state index contributed by atoms with van der Waals surface area (Å²) in [5.74, 6) is 0.848. The van der Waals surface area contributed by atoms with Crippen molar-refractivity contribution in [3.05, 3.63) is 35.4 Å². The molecular formula is C17H26N2. The minimum Gasteiger partial charge on any atom is -0.329 e. The number of aryl methyl sites for hydroxylation is 1. The Morgan fingerprint density at radius 1 is 1.21 bits per heavy atom. The van der Waals surface area contributed by atoms with Crippen molar-refractivity contribution in [2.75, 3.05) is 13.1 Å². The van der Waals surface area contributed by atoms with Crippen LogP contribution in [0.2, 0.25) is 0 Å². The van der Waals surface area contributed by atoms with Gasteiger partial charge in [0.15, 0.2) is 0 Å². The third-order valence-corrected chi connectivity index (χ3v) is 5.09. The topological polar surface area (TPSA) is 29.3 Å². The number of hydrogen-bond acceptors (Lipinski definition) is 2. The maximum absolute atomic E-state index is 6.02. The van der Waals surface area contributed by atoms with E-state index in [0.717, 1.165) is 18.5 Å². The molecule has 104 valence electrons. The van der Waals surface area contributed by atoms with Gasteiger partial charge in [0.1, 0.15) is 0 Å². The van der Waals surface area contributed by atoms with Crippen LogP contribution in [-0.2, 0) is 12.8 Å². The Morgan fingerprint density at radius 2 is 2.00 bits per heavy atom. The number of nitrogens with zero attached hydrogens (tertiary/aromatic N) is 1. The standard InChI is InChI=1S/C17H26N2/c1-13-8-9-19(17(10-13)12-18)16-7-6-14-4-2-3-5-15(14)11-16/h2-5,13,16-17H,6-12,18H2,1H3. The first-order valence-electron chi connectivity index (χ1n) is 7.80. The Labute approximate surface area is 117 Å². The SMILES string of the molecule is CC1CCN(C2CCc3ccccc3C2)C(CN)C1. The molecule has 3 atom stereocenters. The lowest BCUT2D eigenvalue weighted by Gasteiger charge is -2.44. The van der Waals surface area contributed by atoms with Gasteiger partial charge < -0.3 is 5.73 Å². The minimum atomic E-state index is 0.610. The molecule has 0 saturated carbocycles. The van der Waals surface area contributed by atoms with Gasteiger partial charge in [0.05, 0.1) is 0 Å². The molecule has 19 heavy (non-hydrogen) atoms. The first kappa shape index (κ1) is 13.1. The van der Waals surface area contributed by atoms with E-state index in [9.17, 15) is 0 Å². The smallest absolute Gasteiger partial charge is 0.0224 e. The Kier molecular flexibility index (Phi) is 3.90. The van der Waals surface area contributed by atoms with E-state index >= 15 is 0 Å². The zero-order chi connectivity index (χ0) is 13.2. The average Bonchev–Trinajstić information content (AvgIpc) is 2.46. The summed E-state index contributed by atoms with van der Waals surface area (Å²) >= 11 is 0. The predicted octanol–water partition coefficient (Wildman–Crippen LogP) is 2.60. The number of fused-ring (bicyclic) bond motifs is 1. The number of nitrogens with two attached hydrogens (primary N) is 1. The van der Waals surface area contributed by atoms with Crippen LogP contribution in [0.1, 0.15) is 37.3 Å². The third-order valence-electron chi connectivity index (χ3n) is 5.09. The normalized spacial score (nSPS) is 32.0. The minimum absolute atomic E-state index is 0.610. The van der Waals surface area contributed by atoms with E-state index in [0.29, 0.717) is 6.04 Å². The van der Waals surface area contributed by atoms with Crippen LogP contribution in [0.3, 0.4) is 0 Å². The van der Waals surface area contributed by atoms with Gasteiger partial charge in [0.2, 0.25) is 0 Å². The molecule has 1 aliphatic heterocycles. The van der Waals surface area contributed by atoms with Crippen LogP contribution in [0.5, 0.6) is 0 Å². The van der Waals surface area contributed by atoms with Gasteiger partial charge in [0.25, 0.3) is 0 Å². The zero-order valence-electron chi connectivity index (χ0n) is 12.0. The van der Waals surface area contributed by atoms with Gasteiger partial charge in [0, 0.05) is 18.6 Å². The van der Waals surface area contributed by atoms with E-state index in [1.807, 2.05) is 0 Å². The van der Waals surface area contributed by atoms with Crippen LogP contribution >= 0.6 is 0 Å². The van der Waals surface area contributed by atoms with Crippen molar-refractivity contribution < 1.29 is 0 Å². The molecule has 2 heteroatoms. The van der Waals surface area contributed by atoms with Crippen LogP contribution < -0.4 is 5.73 Å². The number of piperidine rings is 1. The molecule has 1 aliphatic carbocycles. The lowest BCUT2D eigenvalue weighted by Crippen LogP contribution is -2.52. The maximum Gasteiger partial charge on any atom is 0.0224 e. The lowest BCUT2D eigenvalue weighted by atomic mass is 9.84. The first-order chi connectivity index (χ1) is 9.28. The molecule has 1 aromatic rings. The fourth-order valence-electron chi connectivity index (χ4n) is 3.94.